The maximum absolute atomic E-state index is 12.8. The van der Waals surface area contributed by atoms with Gasteiger partial charge in [0.2, 0.25) is 0 Å². The number of aromatic nitrogens is 3. The zero-order chi connectivity index (χ0) is 18.1. The minimum absolute atomic E-state index is 0.0377. The molecule has 6 nitrogen and oxygen atoms in total. The first-order valence-electron chi connectivity index (χ1n) is 8.66. The largest absolute Gasteiger partial charge is 0.375 e. The standard InChI is InChI=1S/C19H21N5OS/c1-13-15(11-21-23-13)17(25)24-9-7-19(8-10-24,14-5-3-2-4-6-14)16-12-26-18(20)22-16/h2-6,11-12H,7-10H2,1H3,(H2,20,22)(H,21,23). The molecule has 134 valence electrons. The number of carbonyl (C=O) groups is 1. The van der Waals surface area contributed by atoms with Crippen LogP contribution in [0.25, 0.3) is 0 Å². The second kappa shape index (κ2) is 6.57. The Labute approximate surface area is 156 Å². The summed E-state index contributed by atoms with van der Waals surface area (Å²) in [5.74, 6) is 0.0377. The molecule has 1 aliphatic rings. The molecular formula is C19H21N5OS. The molecule has 1 fully saturated rings. The van der Waals surface area contributed by atoms with Crippen LogP contribution >= 0.6 is 11.3 Å². The van der Waals surface area contributed by atoms with Crippen molar-refractivity contribution in [3.05, 3.63) is 64.4 Å². The van der Waals surface area contributed by atoms with Gasteiger partial charge in [-0.3, -0.25) is 9.89 Å². The molecule has 3 aromatic rings. The van der Waals surface area contributed by atoms with Crippen LogP contribution in [0.3, 0.4) is 0 Å². The van der Waals surface area contributed by atoms with Gasteiger partial charge in [0.05, 0.1) is 17.5 Å². The van der Waals surface area contributed by atoms with Crippen molar-refractivity contribution in [1.82, 2.24) is 20.1 Å². The van der Waals surface area contributed by atoms with E-state index in [1.54, 1.807) is 6.20 Å². The molecule has 0 bridgehead atoms. The molecule has 0 spiro atoms. The van der Waals surface area contributed by atoms with Crippen LogP contribution in [0.1, 0.15) is 40.2 Å². The molecule has 1 aliphatic heterocycles. The molecule has 0 radical (unpaired) electrons. The quantitative estimate of drug-likeness (QED) is 0.745. The number of nitrogen functional groups attached to an aromatic ring is 1. The van der Waals surface area contributed by atoms with Gasteiger partial charge in [-0.05, 0) is 25.3 Å². The van der Waals surface area contributed by atoms with Crippen LogP contribution in [0, 0.1) is 6.92 Å². The Morgan fingerprint density at radius 2 is 2.00 bits per heavy atom. The average molecular weight is 367 g/mol. The summed E-state index contributed by atoms with van der Waals surface area (Å²) in [5.41, 5.74) is 9.42. The molecule has 0 unspecified atom stereocenters. The number of hydrogen-bond acceptors (Lipinski definition) is 5. The van der Waals surface area contributed by atoms with Crippen LogP contribution in [0.4, 0.5) is 5.13 Å². The summed E-state index contributed by atoms with van der Waals surface area (Å²) in [6.07, 6.45) is 3.25. The van der Waals surface area contributed by atoms with Gasteiger partial charge in [0.1, 0.15) is 0 Å². The fraction of sp³-hybridized carbons (Fsp3) is 0.316. The monoisotopic (exact) mass is 367 g/mol. The Hall–Kier alpha value is -2.67. The smallest absolute Gasteiger partial charge is 0.257 e. The summed E-state index contributed by atoms with van der Waals surface area (Å²) in [7, 11) is 0. The Balaban J connectivity index is 1.63. The van der Waals surface area contributed by atoms with E-state index in [4.69, 9.17) is 5.73 Å². The van der Waals surface area contributed by atoms with Crippen molar-refractivity contribution in [1.29, 1.82) is 0 Å². The first kappa shape index (κ1) is 16.8. The minimum Gasteiger partial charge on any atom is -0.375 e. The number of anilines is 1. The van der Waals surface area contributed by atoms with Crippen molar-refractivity contribution in [3.8, 4) is 0 Å². The van der Waals surface area contributed by atoms with Crippen molar-refractivity contribution in [2.75, 3.05) is 18.8 Å². The van der Waals surface area contributed by atoms with Crippen LogP contribution in [-0.4, -0.2) is 39.1 Å². The Morgan fingerprint density at radius 1 is 1.27 bits per heavy atom. The summed E-state index contributed by atoms with van der Waals surface area (Å²) in [5, 5.41) is 9.45. The second-order valence-corrected chi connectivity index (χ2v) is 7.61. The third-order valence-corrected chi connectivity index (χ3v) is 5.98. The normalized spacial score (nSPS) is 16.6. The molecular weight excluding hydrogens is 346 g/mol. The molecule has 0 saturated carbocycles. The summed E-state index contributed by atoms with van der Waals surface area (Å²) in [4.78, 5) is 19.3. The number of nitrogens with one attached hydrogen (secondary N) is 1. The number of H-pyrrole nitrogens is 1. The van der Waals surface area contributed by atoms with E-state index in [1.807, 2.05) is 17.9 Å². The van der Waals surface area contributed by atoms with Gasteiger partial charge in [0, 0.05) is 29.6 Å². The maximum atomic E-state index is 12.8. The molecule has 0 aliphatic carbocycles. The van der Waals surface area contributed by atoms with Crippen molar-refractivity contribution < 1.29 is 4.79 Å². The Bertz CT molecular complexity index is 909. The van der Waals surface area contributed by atoms with E-state index >= 15 is 0 Å². The molecule has 3 heterocycles. The first-order chi connectivity index (χ1) is 12.6. The van der Waals surface area contributed by atoms with Gasteiger partial charge >= 0.3 is 0 Å². The predicted octanol–water partition coefficient (Wildman–Crippen LogP) is 2.98. The lowest BCUT2D eigenvalue weighted by atomic mass is 9.70. The van der Waals surface area contributed by atoms with Gasteiger partial charge in [-0.1, -0.05) is 30.3 Å². The highest BCUT2D eigenvalue weighted by atomic mass is 32.1. The highest BCUT2D eigenvalue weighted by Crippen LogP contribution is 2.42. The number of carbonyl (C=O) groups excluding carboxylic acids is 1. The SMILES string of the molecule is Cc1[nH]ncc1C(=O)N1CCC(c2ccccc2)(c2csc(N)n2)CC1. The van der Waals surface area contributed by atoms with E-state index < -0.39 is 0 Å². The van der Waals surface area contributed by atoms with Crippen molar-refractivity contribution in [2.45, 2.75) is 25.2 Å². The van der Waals surface area contributed by atoms with E-state index in [9.17, 15) is 4.79 Å². The third-order valence-electron chi connectivity index (χ3n) is 5.30. The lowest BCUT2D eigenvalue weighted by Crippen LogP contribution is -2.46. The number of nitrogens with zero attached hydrogens (tertiary/aromatic N) is 3. The zero-order valence-electron chi connectivity index (χ0n) is 14.6. The number of thiazole rings is 1. The third kappa shape index (κ3) is 2.78. The van der Waals surface area contributed by atoms with E-state index in [0.29, 0.717) is 23.8 Å². The van der Waals surface area contributed by atoms with Crippen molar-refractivity contribution in [3.63, 3.8) is 0 Å². The number of likely N-dealkylation sites (tertiary alicyclic amines) is 1. The maximum Gasteiger partial charge on any atom is 0.257 e. The number of benzene rings is 1. The van der Waals surface area contributed by atoms with Crippen LogP contribution in [0.5, 0.6) is 0 Å². The molecule has 2 aromatic heterocycles. The summed E-state index contributed by atoms with van der Waals surface area (Å²) in [6.45, 7) is 3.22. The number of hydrogen-bond donors (Lipinski definition) is 2. The van der Waals surface area contributed by atoms with Crippen LogP contribution < -0.4 is 5.73 Å². The molecule has 7 heteroatoms. The van der Waals surface area contributed by atoms with Gasteiger partial charge in [-0.15, -0.1) is 11.3 Å². The lowest BCUT2D eigenvalue weighted by molar-refractivity contribution is 0.0683. The number of amides is 1. The molecule has 3 N–H and O–H groups in total. The number of rotatable bonds is 3. The van der Waals surface area contributed by atoms with Gasteiger partial charge in [-0.2, -0.15) is 5.10 Å². The van der Waals surface area contributed by atoms with Crippen LogP contribution in [-0.2, 0) is 5.41 Å². The van der Waals surface area contributed by atoms with Gasteiger partial charge in [-0.25, -0.2) is 4.98 Å². The van der Waals surface area contributed by atoms with E-state index in [2.05, 4.69) is 44.8 Å². The fourth-order valence-corrected chi connectivity index (χ4v) is 4.45. The number of piperidine rings is 1. The van der Waals surface area contributed by atoms with Gasteiger partial charge < -0.3 is 10.6 Å². The summed E-state index contributed by atoms with van der Waals surface area (Å²) in [6, 6.07) is 10.4. The van der Waals surface area contributed by atoms with Gasteiger partial charge in [0.15, 0.2) is 5.13 Å². The van der Waals surface area contributed by atoms with Crippen molar-refractivity contribution in [2.24, 2.45) is 0 Å². The molecule has 26 heavy (non-hydrogen) atoms. The Morgan fingerprint density at radius 3 is 2.58 bits per heavy atom. The highest BCUT2D eigenvalue weighted by Gasteiger charge is 2.41. The lowest BCUT2D eigenvalue weighted by Gasteiger charge is -2.41. The Kier molecular flexibility index (Phi) is 4.24. The summed E-state index contributed by atoms with van der Waals surface area (Å²) < 4.78 is 0. The minimum atomic E-state index is -0.197. The number of aromatic amines is 1. The molecule has 1 saturated heterocycles. The van der Waals surface area contributed by atoms with E-state index in [-0.39, 0.29) is 11.3 Å². The topological polar surface area (TPSA) is 87.9 Å². The predicted molar refractivity (Wildman–Crippen MR) is 102 cm³/mol. The number of aryl methyl sites for hydroxylation is 1. The zero-order valence-corrected chi connectivity index (χ0v) is 15.4. The molecule has 1 aromatic carbocycles. The van der Waals surface area contributed by atoms with Crippen LogP contribution in [0.15, 0.2) is 41.9 Å². The number of nitrogens with two attached hydrogens (primary N) is 1. The average Bonchev–Trinajstić information content (AvgIpc) is 3.30. The second-order valence-electron chi connectivity index (χ2n) is 6.72. The van der Waals surface area contributed by atoms with Gasteiger partial charge in [0.25, 0.3) is 5.91 Å². The van der Waals surface area contributed by atoms with E-state index in [1.165, 1.54) is 16.9 Å². The fourth-order valence-electron chi connectivity index (χ4n) is 3.79. The van der Waals surface area contributed by atoms with E-state index in [0.717, 1.165) is 24.2 Å². The first-order valence-corrected chi connectivity index (χ1v) is 9.54. The molecule has 0 atom stereocenters. The molecule has 4 rings (SSSR count). The van der Waals surface area contributed by atoms with Crippen LogP contribution in [0.2, 0.25) is 0 Å². The highest BCUT2D eigenvalue weighted by molar-refractivity contribution is 7.13. The molecule has 1 amide bonds. The van der Waals surface area contributed by atoms with Crippen molar-refractivity contribution >= 4 is 22.4 Å². The summed E-state index contributed by atoms with van der Waals surface area (Å²) >= 11 is 1.47.